The smallest absolute Gasteiger partial charge is 0.276 e. The molecule has 1 aliphatic heterocycles. The number of fused-ring (bicyclic) bond motifs is 1. The predicted octanol–water partition coefficient (Wildman–Crippen LogP) is 3.72. The van der Waals surface area contributed by atoms with E-state index in [9.17, 15) is 38.6 Å². The maximum atomic E-state index is 14.6. The second-order valence-electron chi connectivity index (χ2n) is 18.4. The minimum Gasteiger partial charge on any atom is -0.508 e. The number of amides is 5. The number of aliphatic hydroxyl groups excluding tert-OH is 2. The normalized spacial score (nSPS) is 19.2. The molecule has 2 aliphatic carbocycles. The van der Waals surface area contributed by atoms with E-state index in [1.165, 1.54) is 29.4 Å². The monoisotopic (exact) mass is 978 g/mol. The number of hydroxylamine groups is 1. The standard InChI is InChI=1S/C48H63FN8O11S/c1-9-68-55-43(38(65-8)18-27(2)58)56(7)35-15-13-29-12-14-33(21-34(29)35)66-24-39(60)53-54-40(61)25-67-37-19-30(41-28(3)51-26-69-41)10-11-31(37)22-50-44(62)36-20-32(59)23-57(36)45(63)42(47(4,5)6)52-46(64)48(49)16-17-48/h10-12,14,18-19,21,26,32,35-36,42-43,55,58-59H,2,9,13,15-17,20,22-25H2,1,3-8H3,(H,50,62)(H,52,64)(H,53,60)(H,54,61)/b38-18-/t32-,35?,36+,42?,43-/m1/s1. The van der Waals surface area contributed by atoms with Gasteiger partial charge in [0.05, 0.1) is 35.9 Å². The highest BCUT2D eigenvalue weighted by Gasteiger charge is 2.53. The first-order chi connectivity index (χ1) is 32.7. The molecule has 0 spiro atoms. The number of hydrazine groups is 1. The van der Waals surface area contributed by atoms with Crippen LogP contribution in [-0.2, 0) is 46.5 Å². The van der Waals surface area contributed by atoms with Crippen molar-refractivity contribution in [1.29, 1.82) is 0 Å². The van der Waals surface area contributed by atoms with Crippen LogP contribution >= 0.6 is 11.3 Å². The summed E-state index contributed by atoms with van der Waals surface area (Å²) in [6.07, 6.45) is 1.47. The number of likely N-dealkylation sites (tertiary alicyclic amines) is 1. The van der Waals surface area contributed by atoms with Crippen molar-refractivity contribution in [1.82, 2.24) is 41.7 Å². The molecule has 2 fully saturated rings. The van der Waals surface area contributed by atoms with Crippen molar-refractivity contribution in [2.24, 2.45) is 5.41 Å². The van der Waals surface area contributed by atoms with Gasteiger partial charge in [-0.05, 0) is 86.9 Å². The zero-order chi connectivity index (χ0) is 50.2. The fraction of sp³-hybridized carbons (Fsp3) is 0.500. The number of benzene rings is 2. The Balaban J connectivity index is 1.06. The fourth-order valence-corrected chi connectivity index (χ4v) is 9.05. The van der Waals surface area contributed by atoms with Gasteiger partial charge in [-0.15, -0.1) is 11.3 Å². The molecule has 0 bridgehead atoms. The van der Waals surface area contributed by atoms with Crippen molar-refractivity contribution < 1.29 is 57.6 Å². The molecule has 5 atom stereocenters. The van der Waals surface area contributed by atoms with Crippen LogP contribution in [0.1, 0.15) is 81.8 Å². The molecular weight excluding hydrogens is 916 g/mol. The number of carbonyl (C=O) groups excluding carboxylic acids is 5. The zero-order valence-electron chi connectivity index (χ0n) is 40.0. The van der Waals surface area contributed by atoms with Crippen LogP contribution in [-0.4, -0.2) is 125 Å². The highest BCUT2D eigenvalue weighted by Crippen LogP contribution is 2.41. The summed E-state index contributed by atoms with van der Waals surface area (Å²) < 4.78 is 32.0. The van der Waals surface area contributed by atoms with E-state index < -0.39 is 78.2 Å². The molecule has 2 aromatic carbocycles. The van der Waals surface area contributed by atoms with E-state index in [4.69, 9.17) is 19.0 Å². The van der Waals surface area contributed by atoms with Crippen molar-refractivity contribution in [3.05, 3.63) is 88.5 Å². The lowest BCUT2D eigenvalue weighted by atomic mass is 9.85. The molecule has 1 saturated carbocycles. The SMILES string of the molecule is C=C(O)/C=C(\OC)[C@H](NOCC)N(C)C1CCc2ccc(OCC(=O)NNC(=O)COc3cc(-c4scnc4C)ccc3CNC(=O)[C@@H]3C[C@@H](O)CN3C(=O)C(NC(=O)C3(F)CC3)C(C)(C)C)cc21. The number of carbonyl (C=O) groups is 5. The van der Waals surface area contributed by atoms with Crippen molar-refractivity contribution in [3.63, 3.8) is 0 Å². The summed E-state index contributed by atoms with van der Waals surface area (Å²) in [4.78, 5) is 80.3. The van der Waals surface area contributed by atoms with Gasteiger partial charge in [-0.25, -0.2) is 9.37 Å². The van der Waals surface area contributed by atoms with Gasteiger partial charge in [0, 0.05) is 37.2 Å². The first-order valence-corrected chi connectivity index (χ1v) is 23.6. The molecule has 0 radical (unpaired) electrons. The summed E-state index contributed by atoms with van der Waals surface area (Å²) in [5, 5.41) is 25.9. The Labute approximate surface area is 404 Å². The lowest BCUT2D eigenvalue weighted by molar-refractivity contribution is -0.145. The number of aromatic nitrogens is 1. The van der Waals surface area contributed by atoms with Gasteiger partial charge in [0.2, 0.25) is 11.8 Å². The number of methoxy groups -OCH3 is 1. The summed E-state index contributed by atoms with van der Waals surface area (Å²) in [7, 11) is 3.38. The van der Waals surface area contributed by atoms with Gasteiger partial charge in [-0.1, -0.05) is 45.5 Å². The van der Waals surface area contributed by atoms with Gasteiger partial charge in [-0.2, -0.15) is 5.48 Å². The Morgan fingerprint density at radius 2 is 1.80 bits per heavy atom. The number of halogens is 1. The number of hydrogen-bond donors (Lipinski definition) is 7. The average molecular weight is 979 g/mol. The summed E-state index contributed by atoms with van der Waals surface area (Å²) in [5.74, 6) is -2.51. The number of likely N-dealkylation sites (N-methyl/N-ethyl adjacent to an activating group) is 1. The van der Waals surface area contributed by atoms with Crippen LogP contribution in [0.2, 0.25) is 0 Å². The third kappa shape index (κ3) is 13.1. The molecule has 19 nitrogen and oxygen atoms in total. The minimum absolute atomic E-state index is 0.0591. The number of allylic oxidation sites excluding steroid dienone is 1. The van der Waals surface area contributed by atoms with Crippen LogP contribution in [0.5, 0.6) is 11.5 Å². The molecule has 21 heteroatoms. The number of aliphatic hydroxyl groups is 2. The summed E-state index contributed by atoms with van der Waals surface area (Å²) in [6.45, 7) is 11.6. The maximum absolute atomic E-state index is 14.6. The van der Waals surface area contributed by atoms with Gasteiger partial charge in [0.25, 0.3) is 17.7 Å². The van der Waals surface area contributed by atoms with Gasteiger partial charge < -0.3 is 44.8 Å². The number of thiazole rings is 1. The van der Waals surface area contributed by atoms with Crippen molar-refractivity contribution >= 4 is 40.9 Å². The number of nitrogens with one attached hydrogen (secondary N) is 5. The first-order valence-electron chi connectivity index (χ1n) is 22.7. The molecule has 3 aromatic rings. The maximum Gasteiger partial charge on any atom is 0.276 e. The average Bonchev–Trinajstić information content (AvgIpc) is 3.57. The van der Waals surface area contributed by atoms with E-state index in [1.807, 2.05) is 44.0 Å². The van der Waals surface area contributed by atoms with Crippen LogP contribution in [0.15, 0.2) is 66.1 Å². The highest BCUT2D eigenvalue weighted by molar-refractivity contribution is 7.13. The molecule has 1 aromatic heterocycles. The first kappa shape index (κ1) is 52.2. The summed E-state index contributed by atoms with van der Waals surface area (Å²) in [6, 6.07) is 8.45. The molecule has 1 saturated heterocycles. The number of hydrogen-bond acceptors (Lipinski definition) is 15. The second-order valence-corrected chi connectivity index (χ2v) is 19.2. The third-order valence-corrected chi connectivity index (χ3v) is 13.1. The van der Waals surface area contributed by atoms with E-state index in [0.29, 0.717) is 23.7 Å². The van der Waals surface area contributed by atoms with E-state index in [2.05, 4.69) is 38.5 Å². The lowest BCUT2D eigenvalue weighted by Gasteiger charge is -2.35. The number of aryl methyl sites for hydroxylation is 2. The number of rotatable bonds is 21. The molecule has 7 N–H and O–H groups in total. The molecule has 2 unspecified atom stereocenters. The Hall–Kier alpha value is -6.13. The van der Waals surface area contributed by atoms with Crippen LogP contribution in [0.3, 0.4) is 0 Å². The van der Waals surface area contributed by atoms with Gasteiger partial charge in [0.1, 0.15) is 41.3 Å². The number of nitrogens with zero attached hydrogens (tertiary/aromatic N) is 3. The Bertz CT molecular complexity index is 2420. The van der Waals surface area contributed by atoms with Crippen molar-refractivity contribution in [2.75, 3.05) is 40.5 Å². The highest BCUT2D eigenvalue weighted by atomic mass is 32.1. The minimum atomic E-state index is -2.02. The zero-order valence-corrected chi connectivity index (χ0v) is 40.8. The van der Waals surface area contributed by atoms with Gasteiger partial charge >= 0.3 is 0 Å². The lowest BCUT2D eigenvalue weighted by Crippen LogP contribution is -2.59. The quantitative estimate of drug-likeness (QED) is 0.0349. The Kier molecular flexibility index (Phi) is 17.1. The third-order valence-electron chi connectivity index (χ3n) is 12.2. The van der Waals surface area contributed by atoms with Crippen LogP contribution in [0, 0.1) is 12.3 Å². The number of β-amino-alcohol motifs (C(OH)–C–C–N with tert-alkyl or cyclic N) is 1. The molecule has 6 rings (SSSR count). The summed E-state index contributed by atoms with van der Waals surface area (Å²) in [5.41, 5.74) is 10.6. The van der Waals surface area contributed by atoms with Gasteiger partial charge in [-0.3, -0.25) is 39.7 Å². The van der Waals surface area contributed by atoms with E-state index >= 15 is 0 Å². The Morgan fingerprint density at radius 3 is 2.42 bits per heavy atom. The number of alkyl halides is 1. The van der Waals surface area contributed by atoms with Crippen molar-refractivity contribution in [3.8, 4) is 21.9 Å². The van der Waals surface area contributed by atoms with Crippen molar-refractivity contribution in [2.45, 2.75) is 109 Å². The molecule has 374 valence electrons. The largest absolute Gasteiger partial charge is 0.508 e. The van der Waals surface area contributed by atoms with E-state index in [1.54, 1.807) is 44.5 Å². The second kappa shape index (κ2) is 22.5. The number of ether oxygens (including phenoxy) is 3. The Morgan fingerprint density at radius 1 is 1.09 bits per heavy atom. The topological polar surface area (TPSA) is 242 Å². The van der Waals surface area contributed by atoms with E-state index in [-0.39, 0.29) is 49.9 Å². The van der Waals surface area contributed by atoms with Gasteiger partial charge in [0.15, 0.2) is 18.9 Å². The van der Waals surface area contributed by atoms with Crippen LogP contribution in [0.25, 0.3) is 10.4 Å². The fourth-order valence-electron chi connectivity index (χ4n) is 8.25. The molecule has 5 amide bonds. The molecule has 69 heavy (non-hydrogen) atoms. The molecule has 2 heterocycles. The van der Waals surface area contributed by atoms with E-state index in [0.717, 1.165) is 40.1 Å². The molecule has 3 aliphatic rings. The predicted molar refractivity (Wildman–Crippen MR) is 253 cm³/mol. The van der Waals surface area contributed by atoms with Crippen LogP contribution in [0.4, 0.5) is 4.39 Å². The van der Waals surface area contributed by atoms with Crippen LogP contribution < -0.4 is 36.4 Å². The summed E-state index contributed by atoms with van der Waals surface area (Å²) >= 11 is 1.41. The molecular formula is C48H63FN8O11S.